The second kappa shape index (κ2) is 7.39. The number of amides is 2. The van der Waals surface area contributed by atoms with Gasteiger partial charge in [-0.25, -0.2) is 0 Å². The van der Waals surface area contributed by atoms with E-state index in [0.717, 1.165) is 0 Å². The summed E-state index contributed by atoms with van der Waals surface area (Å²) in [5.41, 5.74) is 0.914. The van der Waals surface area contributed by atoms with Gasteiger partial charge in [0, 0.05) is 29.6 Å². The van der Waals surface area contributed by atoms with Crippen LogP contribution < -0.4 is 20.1 Å². The molecule has 9 nitrogen and oxygen atoms in total. The van der Waals surface area contributed by atoms with Crippen LogP contribution in [0.3, 0.4) is 0 Å². The van der Waals surface area contributed by atoms with Gasteiger partial charge in [0.25, 0.3) is 11.8 Å². The predicted molar refractivity (Wildman–Crippen MR) is 98.8 cm³/mol. The van der Waals surface area contributed by atoms with Crippen LogP contribution in [0.5, 0.6) is 11.5 Å². The maximum Gasteiger partial charge on any atom is 0.275 e. The molecule has 0 bridgehead atoms. The summed E-state index contributed by atoms with van der Waals surface area (Å²) < 4.78 is 15.9. The van der Waals surface area contributed by atoms with Gasteiger partial charge in [0.15, 0.2) is 17.3 Å². The lowest BCUT2D eigenvalue weighted by Crippen LogP contribution is -2.18. The fourth-order valence-electron chi connectivity index (χ4n) is 2.63. The first-order valence-corrected chi connectivity index (χ1v) is 8.50. The Morgan fingerprint density at radius 3 is 2.57 bits per heavy atom. The molecule has 9 heteroatoms. The molecule has 0 aliphatic carbocycles. The first-order chi connectivity index (χ1) is 13.6. The zero-order valence-corrected chi connectivity index (χ0v) is 14.9. The van der Waals surface area contributed by atoms with Crippen molar-refractivity contribution in [2.45, 2.75) is 6.92 Å². The molecule has 2 aromatic heterocycles. The molecule has 2 N–H and O–H groups in total. The summed E-state index contributed by atoms with van der Waals surface area (Å²) in [5.74, 6) is 1.16. The fraction of sp³-hybridized carbons (Fsp3) is 0.158. The van der Waals surface area contributed by atoms with Crippen molar-refractivity contribution in [3.63, 3.8) is 0 Å². The predicted octanol–water partition coefficient (Wildman–Crippen LogP) is 2.65. The average Bonchev–Trinajstić information content (AvgIpc) is 3.12. The van der Waals surface area contributed by atoms with E-state index in [2.05, 4.69) is 20.8 Å². The standard InChI is InChI=1S/C19H16N4O5/c1-11-8-17(23-28-11)22-19(25)14-9-12(4-5-20-14)18(24)21-13-2-3-15-16(10-13)27-7-6-26-15/h2-5,8-10H,6-7H2,1H3,(H,21,24)(H,22,23,25). The highest BCUT2D eigenvalue weighted by atomic mass is 16.6. The molecule has 1 aliphatic rings. The SMILES string of the molecule is Cc1cc(NC(=O)c2cc(C(=O)Nc3ccc4c(c3)OCCO4)ccn2)no1. The van der Waals surface area contributed by atoms with Crippen molar-refractivity contribution in [2.24, 2.45) is 0 Å². The van der Waals surface area contributed by atoms with Gasteiger partial charge in [-0.3, -0.25) is 14.6 Å². The van der Waals surface area contributed by atoms with Crippen LogP contribution in [0.15, 0.2) is 47.1 Å². The summed E-state index contributed by atoms with van der Waals surface area (Å²) in [6.45, 7) is 2.66. The van der Waals surface area contributed by atoms with Gasteiger partial charge in [-0.2, -0.15) is 0 Å². The number of benzene rings is 1. The first kappa shape index (κ1) is 17.5. The highest BCUT2D eigenvalue weighted by Crippen LogP contribution is 2.32. The van der Waals surface area contributed by atoms with E-state index in [1.165, 1.54) is 18.3 Å². The van der Waals surface area contributed by atoms with Gasteiger partial charge in [-0.15, -0.1) is 0 Å². The lowest BCUT2D eigenvalue weighted by atomic mass is 10.2. The number of aryl methyl sites for hydroxylation is 1. The molecule has 3 heterocycles. The molecule has 142 valence electrons. The minimum atomic E-state index is -0.498. The largest absolute Gasteiger partial charge is 0.486 e. The molecule has 2 amide bonds. The van der Waals surface area contributed by atoms with Crippen LogP contribution in [-0.2, 0) is 0 Å². The van der Waals surface area contributed by atoms with Gasteiger partial charge in [-0.1, -0.05) is 5.16 Å². The van der Waals surface area contributed by atoms with E-state index in [1.54, 1.807) is 31.2 Å². The summed E-state index contributed by atoms with van der Waals surface area (Å²) in [7, 11) is 0. The maximum atomic E-state index is 12.5. The number of rotatable bonds is 4. The van der Waals surface area contributed by atoms with Crippen LogP contribution >= 0.6 is 0 Å². The van der Waals surface area contributed by atoms with E-state index in [9.17, 15) is 9.59 Å². The Labute approximate surface area is 159 Å². The van der Waals surface area contributed by atoms with Crippen molar-refractivity contribution in [3.05, 3.63) is 59.6 Å². The van der Waals surface area contributed by atoms with Crippen LogP contribution in [-0.4, -0.2) is 35.2 Å². The summed E-state index contributed by atoms with van der Waals surface area (Å²) in [6, 6.07) is 9.63. The molecule has 0 saturated carbocycles. The summed E-state index contributed by atoms with van der Waals surface area (Å²) in [4.78, 5) is 28.9. The van der Waals surface area contributed by atoms with E-state index >= 15 is 0 Å². The lowest BCUT2D eigenvalue weighted by Gasteiger charge is -2.19. The third kappa shape index (κ3) is 3.78. The Balaban J connectivity index is 1.47. The molecule has 28 heavy (non-hydrogen) atoms. The topological polar surface area (TPSA) is 116 Å². The number of aromatic nitrogens is 2. The molecular weight excluding hydrogens is 364 g/mol. The molecule has 0 radical (unpaired) electrons. The number of carbonyl (C=O) groups excluding carboxylic acids is 2. The van der Waals surface area contributed by atoms with Gasteiger partial charge >= 0.3 is 0 Å². The number of fused-ring (bicyclic) bond motifs is 1. The van der Waals surface area contributed by atoms with Crippen LogP contribution in [0.2, 0.25) is 0 Å². The number of anilines is 2. The Kier molecular flexibility index (Phi) is 4.63. The minimum Gasteiger partial charge on any atom is -0.486 e. The van der Waals surface area contributed by atoms with Crippen molar-refractivity contribution in [1.82, 2.24) is 10.1 Å². The van der Waals surface area contributed by atoms with Crippen molar-refractivity contribution in [2.75, 3.05) is 23.8 Å². The van der Waals surface area contributed by atoms with Gasteiger partial charge in [0.05, 0.1) is 0 Å². The molecule has 3 aromatic rings. The van der Waals surface area contributed by atoms with Crippen LogP contribution in [0.1, 0.15) is 26.6 Å². The smallest absolute Gasteiger partial charge is 0.275 e. The Morgan fingerprint density at radius 1 is 0.964 bits per heavy atom. The number of nitrogens with zero attached hydrogens (tertiary/aromatic N) is 2. The number of ether oxygens (including phenoxy) is 2. The van der Waals surface area contributed by atoms with Crippen LogP contribution in [0.4, 0.5) is 11.5 Å². The Hall–Kier alpha value is -3.88. The van der Waals surface area contributed by atoms with E-state index in [4.69, 9.17) is 14.0 Å². The third-order valence-electron chi connectivity index (χ3n) is 3.92. The van der Waals surface area contributed by atoms with Crippen molar-refractivity contribution < 1.29 is 23.6 Å². The van der Waals surface area contributed by atoms with Crippen molar-refractivity contribution in [3.8, 4) is 11.5 Å². The lowest BCUT2D eigenvalue weighted by molar-refractivity contribution is 0.102. The summed E-state index contributed by atoms with van der Waals surface area (Å²) >= 11 is 0. The fourth-order valence-corrected chi connectivity index (χ4v) is 2.63. The average molecular weight is 380 g/mol. The van der Waals surface area contributed by atoms with E-state index in [-0.39, 0.29) is 23.0 Å². The summed E-state index contributed by atoms with van der Waals surface area (Å²) in [6.07, 6.45) is 1.39. The van der Waals surface area contributed by atoms with Crippen molar-refractivity contribution >= 4 is 23.3 Å². The quantitative estimate of drug-likeness (QED) is 0.715. The maximum absolute atomic E-state index is 12.5. The molecule has 1 aromatic carbocycles. The highest BCUT2D eigenvalue weighted by Gasteiger charge is 2.16. The van der Waals surface area contributed by atoms with Gasteiger partial charge in [0.1, 0.15) is 24.7 Å². The molecular formula is C19H16N4O5. The Morgan fingerprint density at radius 2 is 1.79 bits per heavy atom. The van der Waals surface area contributed by atoms with Gasteiger partial charge < -0.3 is 24.6 Å². The third-order valence-corrected chi connectivity index (χ3v) is 3.92. The molecule has 4 rings (SSSR count). The zero-order valence-electron chi connectivity index (χ0n) is 14.9. The molecule has 1 aliphatic heterocycles. The van der Waals surface area contributed by atoms with E-state index in [0.29, 0.717) is 36.2 Å². The summed E-state index contributed by atoms with van der Waals surface area (Å²) in [5, 5.41) is 9.02. The first-order valence-electron chi connectivity index (χ1n) is 8.50. The molecule has 0 saturated heterocycles. The second-order valence-electron chi connectivity index (χ2n) is 6.02. The van der Waals surface area contributed by atoms with E-state index < -0.39 is 5.91 Å². The van der Waals surface area contributed by atoms with Crippen molar-refractivity contribution in [1.29, 1.82) is 0 Å². The monoisotopic (exact) mass is 380 g/mol. The number of carbonyl (C=O) groups is 2. The molecule has 0 unspecified atom stereocenters. The van der Waals surface area contributed by atoms with Gasteiger partial charge in [0.2, 0.25) is 0 Å². The zero-order chi connectivity index (χ0) is 19.5. The number of hydrogen-bond acceptors (Lipinski definition) is 7. The van der Waals surface area contributed by atoms with E-state index in [1.807, 2.05) is 0 Å². The molecule has 0 spiro atoms. The highest BCUT2D eigenvalue weighted by molar-refractivity contribution is 6.07. The normalized spacial score (nSPS) is 12.3. The number of pyridine rings is 1. The van der Waals surface area contributed by atoms with Crippen LogP contribution in [0, 0.1) is 6.92 Å². The minimum absolute atomic E-state index is 0.0791. The van der Waals surface area contributed by atoms with Crippen LogP contribution in [0.25, 0.3) is 0 Å². The molecule has 0 atom stereocenters. The number of nitrogens with one attached hydrogen (secondary N) is 2. The number of hydrogen-bond donors (Lipinski definition) is 2. The molecule has 0 fully saturated rings. The van der Waals surface area contributed by atoms with Gasteiger partial charge in [-0.05, 0) is 31.2 Å². The second-order valence-corrected chi connectivity index (χ2v) is 6.02. The Bertz CT molecular complexity index is 1050.